The molecule has 0 radical (unpaired) electrons. The number of anilines is 1. The molecule has 0 aliphatic heterocycles. The molecule has 0 unspecified atom stereocenters. The third kappa shape index (κ3) is 6.35. The summed E-state index contributed by atoms with van der Waals surface area (Å²) in [6, 6.07) is 21.0. The lowest BCUT2D eigenvalue weighted by Gasteiger charge is -2.19. The Kier molecular flexibility index (Phi) is 7.43. The molecule has 0 heterocycles. The molecule has 33 heavy (non-hydrogen) atoms. The summed E-state index contributed by atoms with van der Waals surface area (Å²) in [4.78, 5) is 12.8. The first kappa shape index (κ1) is 24.3. The highest BCUT2D eigenvalue weighted by atomic mass is 32.2. The Morgan fingerprint density at radius 3 is 2.21 bits per heavy atom. The Morgan fingerprint density at radius 2 is 1.58 bits per heavy atom. The summed E-state index contributed by atoms with van der Waals surface area (Å²) in [6.07, 6.45) is 0. The lowest BCUT2D eigenvalue weighted by molar-refractivity contribution is 0.0946. The Hall–Kier alpha value is -3.32. The number of carbonyl (C=O) groups excluding carboxylic acids is 1. The van der Waals surface area contributed by atoms with Crippen molar-refractivity contribution in [1.29, 1.82) is 0 Å². The zero-order valence-electron chi connectivity index (χ0n) is 19.4. The van der Waals surface area contributed by atoms with Gasteiger partial charge in [0.15, 0.2) is 0 Å². The molecule has 0 saturated carbocycles. The van der Waals surface area contributed by atoms with Crippen LogP contribution in [0.5, 0.6) is 5.75 Å². The van der Waals surface area contributed by atoms with Gasteiger partial charge < -0.3 is 10.1 Å². The third-order valence-corrected chi connectivity index (χ3v) is 6.63. The molecule has 174 valence electrons. The monoisotopic (exact) mass is 466 g/mol. The van der Waals surface area contributed by atoms with Gasteiger partial charge in [-0.2, -0.15) is 0 Å². The van der Waals surface area contributed by atoms with Gasteiger partial charge in [-0.15, -0.1) is 0 Å². The molecule has 0 atom stereocenters. The fourth-order valence-electron chi connectivity index (χ4n) is 3.28. The zero-order valence-corrected chi connectivity index (χ0v) is 20.2. The van der Waals surface area contributed by atoms with Crippen LogP contribution in [0.25, 0.3) is 0 Å². The van der Waals surface area contributed by atoms with Gasteiger partial charge in [0, 0.05) is 5.56 Å². The summed E-state index contributed by atoms with van der Waals surface area (Å²) in [5.41, 5.74) is 2.61. The molecule has 2 N–H and O–H groups in total. The fourth-order valence-corrected chi connectivity index (χ4v) is 4.42. The predicted molar refractivity (Wildman–Crippen MR) is 131 cm³/mol. The average Bonchev–Trinajstić information content (AvgIpc) is 2.78. The van der Waals surface area contributed by atoms with Crippen molar-refractivity contribution in [3.8, 4) is 5.75 Å². The van der Waals surface area contributed by atoms with E-state index in [0.717, 1.165) is 5.75 Å². The molecular formula is C26H30N2O4S. The Balaban J connectivity index is 1.58. The van der Waals surface area contributed by atoms with Crippen LogP contribution in [0.4, 0.5) is 5.69 Å². The fraction of sp³-hybridized carbons (Fsp3) is 0.269. The summed E-state index contributed by atoms with van der Waals surface area (Å²) in [7, 11) is -3.74. The van der Waals surface area contributed by atoms with Gasteiger partial charge in [-0.3, -0.25) is 9.52 Å². The molecule has 0 spiro atoms. The van der Waals surface area contributed by atoms with E-state index in [1.165, 1.54) is 17.7 Å². The van der Waals surface area contributed by atoms with Crippen LogP contribution in [0.2, 0.25) is 0 Å². The van der Waals surface area contributed by atoms with Gasteiger partial charge in [0.1, 0.15) is 12.4 Å². The number of amides is 1. The topological polar surface area (TPSA) is 84.5 Å². The summed E-state index contributed by atoms with van der Waals surface area (Å²) in [6.45, 7) is 8.82. The summed E-state index contributed by atoms with van der Waals surface area (Å²) >= 11 is 0. The maximum Gasteiger partial charge on any atom is 0.261 e. The van der Waals surface area contributed by atoms with Gasteiger partial charge in [0.2, 0.25) is 0 Å². The molecule has 0 fully saturated rings. The number of carbonyl (C=O) groups is 1. The molecule has 3 aromatic rings. The van der Waals surface area contributed by atoms with Gasteiger partial charge in [-0.1, -0.05) is 57.2 Å². The lowest BCUT2D eigenvalue weighted by atomic mass is 9.87. The first-order valence-corrected chi connectivity index (χ1v) is 12.3. The van der Waals surface area contributed by atoms with E-state index in [1.807, 2.05) is 24.3 Å². The van der Waals surface area contributed by atoms with E-state index in [-0.39, 0.29) is 16.2 Å². The van der Waals surface area contributed by atoms with Crippen LogP contribution < -0.4 is 14.8 Å². The van der Waals surface area contributed by atoms with E-state index in [9.17, 15) is 13.2 Å². The van der Waals surface area contributed by atoms with Crippen LogP contribution in [0.3, 0.4) is 0 Å². The number of ether oxygens (including phenoxy) is 1. The minimum absolute atomic E-state index is 0.0776. The molecule has 0 aliphatic carbocycles. The first-order chi connectivity index (χ1) is 15.6. The van der Waals surface area contributed by atoms with Gasteiger partial charge in [0.25, 0.3) is 15.9 Å². The third-order valence-electron chi connectivity index (χ3n) is 5.25. The maximum absolute atomic E-state index is 12.7. The highest BCUT2D eigenvalue weighted by Gasteiger charge is 2.18. The standard InChI is InChI=1S/C26H30N2O4S/c1-19-23(11-8-12-24(19)28-33(30,31)22-9-6-5-7-10-22)25(29)27-17-18-32-21-15-13-20(14-16-21)26(2,3)4/h5-16,28H,17-18H2,1-4H3,(H,27,29). The van der Waals surface area contributed by atoms with Gasteiger partial charge in [-0.05, 0) is 59.9 Å². The normalized spacial score (nSPS) is 11.6. The van der Waals surface area contributed by atoms with E-state index in [0.29, 0.717) is 30.0 Å². The Morgan fingerprint density at radius 1 is 0.909 bits per heavy atom. The van der Waals surface area contributed by atoms with E-state index in [1.54, 1.807) is 43.3 Å². The molecule has 3 rings (SSSR count). The Bertz CT molecular complexity index is 1200. The van der Waals surface area contributed by atoms with Crippen LogP contribution in [0.1, 0.15) is 42.3 Å². The molecule has 7 heteroatoms. The van der Waals surface area contributed by atoms with Crippen molar-refractivity contribution < 1.29 is 17.9 Å². The smallest absolute Gasteiger partial charge is 0.261 e. The number of benzene rings is 3. The highest BCUT2D eigenvalue weighted by molar-refractivity contribution is 7.92. The van der Waals surface area contributed by atoms with Crippen molar-refractivity contribution >= 4 is 21.6 Å². The van der Waals surface area contributed by atoms with Crippen molar-refractivity contribution in [3.63, 3.8) is 0 Å². The van der Waals surface area contributed by atoms with E-state index < -0.39 is 10.0 Å². The molecule has 1 amide bonds. The molecule has 3 aromatic carbocycles. The van der Waals surface area contributed by atoms with Gasteiger partial charge in [0.05, 0.1) is 17.1 Å². The van der Waals surface area contributed by atoms with Gasteiger partial charge >= 0.3 is 0 Å². The van der Waals surface area contributed by atoms with E-state index in [4.69, 9.17) is 4.74 Å². The van der Waals surface area contributed by atoms with Crippen molar-refractivity contribution in [3.05, 3.63) is 89.5 Å². The van der Waals surface area contributed by atoms with Crippen molar-refractivity contribution in [2.75, 3.05) is 17.9 Å². The minimum atomic E-state index is -3.74. The summed E-state index contributed by atoms with van der Waals surface area (Å²) in [5.74, 6) is 0.450. The van der Waals surface area contributed by atoms with Crippen LogP contribution in [-0.2, 0) is 15.4 Å². The average molecular weight is 467 g/mol. The lowest BCUT2D eigenvalue weighted by Crippen LogP contribution is -2.29. The second-order valence-electron chi connectivity index (χ2n) is 8.78. The van der Waals surface area contributed by atoms with E-state index >= 15 is 0 Å². The minimum Gasteiger partial charge on any atom is -0.492 e. The first-order valence-electron chi connectivity index (χ1n) is 10.8. The maximum atomic E-state index is 12.7. The van der Waals surface area contributed by atoms with Crippen molar-refractivity contribution in [2.24, 2.45) is 0 Å². The second kappa shape index (κ2) is 10.1. The molecule has 0 bridgehead atoms. The molecule has 0 saturated heterocycles. The number of hydrogen-bond acceptors (Lipinski definition) is 4. The quantitative estimate of drug-likeness (QED) is 0.463. The summed E-state index contributed by atoms with van der Waals surface area (Å²) < 4.78 is 33.5. The SMILES string of the molecule is Cc1c(NS(=O)(=O)c2ccccc2)cccc1C(=O)NCCOc1ccc(C(C)(C)C)cc1. The predicted octanol–water partition coefficient (Wildman–Crippen LogP) is 4.90. The largest absolute Gasteiger partial charge is 0.492 e. The molecule has 0 aromatic heterocycles. The van der Waals surface area contributed by atoms with Crippen molar-refractivity contribution in [2.45, 2.75) is 38.0 Å². The number of sulfonamides is 1. The number of nitrogens with one attached hydrogen (secondary N) is 2. The number of rotatable bonds is 8. The van der Waals surface area contributed by atoms with Crippen molar-refractivity contribution in [1.82, 2.24) is 5.32 Å². The molecule has 6 nitrogen and oxygen atoms in total. The Labute approximate surface area is 196 Å². The van der Waals surface area contributed by atoms with Crippen LogP contribution in [-0.4, -0.2) is 27.5 Å². The van der Waals surface area contributed by atoms with Gasteiger partial charge in [-0.25, -0.2) is 8.42 Å². The highest BCUT2D eigenvalue weighted by Crippen LogP contribution is 2.24. The molecule has 0 aliphatic rings. The van der Waals surface area contributed by atoms with E-state index in [2.05, 4.69) is 30.8 Å². The van der Waals surface area contributed by atoms with Crippen LogP contribution in [0.15, 0.2) is 77.7 Å². The molecular weight excluding hydrogens is 436 g/mol. The number of hydrogen-bond donors (Lipinski definition) is 2. The zero-order chi connectivity index (χ0) is 24.1. The summed E-state index contributed by atoms with van der Waals surface area (Å²) in [5, 5.41) is 2.83. The van der Waals surface area contributed by atoms with Crippen LogP contribution in [0, 0.1) is 6.92 Å². The second-order valence-corrected chi connectivity index (χ2v) is 10.5. The van der Waals surface area contributed by atoms with Crippen LogP contribution >= 0.6 is 0 Å².